The van der Waals surface area contributed by atoms with Crippen LogP contribution in [0.1, 0.15) is 243 Å². The first-order valence-corrected chi connectivity index (χ1v) is 36.3. The van der Waals surface area contributed by atoms with E-state index < -0.39 is 15.6 Å². The van der Waals surface area contributed by atoms with E-state index >= 15 is 0 Å². The van der Waals surface area contributed by atoms with Crippen LogP contribution in [-0.2, 0) is 43.3 Å². The summed E-state index contributed by atoms with van der Waals surface area (Å²) in [4.78, 5) is 2.55. The molecule has 0 amide bonds. The number of fused-ring (bicyclic) bond motifs is 4. The third-order valence-corrected chi connectivity index (χ3v) is 18.1. The van der Waals surface area contributed by atoms with Crippen LogP contribution in [0.25, 0.3) is 44.5 Å². The van der Waals surface area contributed by atoms with Gasteiger partial charge < -0.3 is 0 Å². The molecule has 0 atom stereocenters. The number of hydrogen-bond donors (Lipinski definition) is 0. The van der Waals surface area contributed by atoms with Crippen molar-refractivity contribution in [1.82, 2.24) is 0 Å². The Hall–Kier alpha value is -5.74. The monoisotopic (exact) mass is 1350 g/mol. The minimum absolute atomic E-state index is 0.00463. The SMILES string of the molecule is CC(C)(C)c1ccc2c([C+](c3ccc([C+](c4cc(C(C)(C)C)c5ccc(C(C)(C)C)ccc4-5)c4cc(C(C)(C)C)c5ccc(C(C)(C)C)ccc4-5)s3)c3cc(C(C)(C)C)c4ccc(C(C)(C)C)ccc3-4)cc(C(C)(C)C)c-2cc1.F[P-](F)(F)(F)(F)F.F[P-](F)(F)(F)(F)F. The van der Waals surface area contributed by atoms with E-state index in [-0.39, 0.29) is 43.3 Å². The molecule has 1 aromatic rings. The third kappa shape index (κ3) is 19.1. The van der Waals surface area contributed by atoms with Crippen molar-refractivity contribution < 1.29 is 50.4 Å². The Bertz CT molecular complexity index is 3590. The molecule has 0 fully saturated rings. The summed E-state index contributed by atoms with van der Waals surface area (Å²) in [5.41, 5.74) is 26.1. The van der Waals surface area contributed by atoms with Gasteiger partial charge in [-0.1, -0.05) is 215 Å². The first-order valence-electron chi connectivity index (χ1n) is 31.4. The molecule has 9 rings (SSSR count). The molecule has 93 heavy (non-hydrogen) atoms. The second-order valence-corrected chi connectivity index (χ2v) is 38.4. The first-order chi connectivity index (χ1) is 41.1. The van der Waals surface area contributed by atoms with E-state index in [4.69, 9.17) is 0 Å². The van der Waals surface area contributed by atoms with E-state index in [0.29, 0.717) is 0 Å². The summed E-state index contributed by atoms with van der Waals surface area (Å²) in [6.45, 7) is 56.7. The Kier molecular flexibility index (Phi) is 18.0. The second-order valence-electron chi connectivity index (χ2n) is 33.5. The second kappa shape index (κ2) is 22.4. The van der Waals surface area contributed by atoms with Gasteiger partial charge in [-0.15, -0.1) is 11.3 Å². The zero-order valence-electron chi connectivity index (χ0n) is 58.5. The average molecular weight is 1350 g/mol. The van der Waals surface area contributed by atoms with E-state index in [9.17, 15) is 50.4 Å². The number of halogens is 12. The predicted molar refractivity (Wildman–Crippen MR) is 374 cm³/mol. The number of thiophene rings is 1. The molecule has 0 saturated carbocycles. The van der Waals surface area contributed by atoms with Gasteiger partial charge in [0.2, 0.25) is 0 Å². The molecule has 0 nitrogen and oxygen atoms in total. The Morgan fingerprint density at radius 3 is 0.516 bits per heavy atom. The van der Waals surface area contributed by atoms with E-state index in [1.54, 1.807) is 0 Å². The summed E-state index contributed by atoms with van der Waals surface area (Å²) in [5, 5.41) is 0. The molecule has 0 N–H and O–H groups in total. The van der Waals surface area contributed by atoms with Crippen LogP contribution in [0, 0.1) is 11.8 Å². The first kappa shape index (κ1) is 74.7. The van der Waals surface area contributed by atoms with Crippen LogP contribution < -0.4 is 0 Å². The van der Waals surface area contributed by atoms with Crippen molar-refractivity contribution in [2.75, 3.05) is 0 Å². The van der Waals surface area contributed by atoms with Crippen LogP contribution in [0.4, 0.5) is 50.4 Å². The number of hydrogen-bond acceptors (Lipinski definition) is 1. The number of rotatable bonds is 6. The van der Waals surface area contributed by atoms with Crippen molar-refractivity contribution in [2.45, 2.75) is 209 Å². The van der Waals surface area contributed by atoms with Gasteiger partial charge in [0.25, 0.3) is 0 Å². The summed E-state index contributed by atoms with van der Waals surface area (Å²) in [6.07, 6.45) is 0. The van der Waals surface area contributed by atoms with E-state index in [1.807, 2.05) is 11.3 Å². The standard InChI is InChI=1S/C78H94S.2F6P/c1-71(2,3)47-25-33-51-55(37-29-47)63(75(13,14)15)43-59(51)69(60-44-64(76(16,17)18)56-38-30-48(72(4,5)6)26-34-52(56)60)67-41-42-68(79-67)70(61-45-65(77(19,20)21)57-39-31-49(73(7,8)9)27-35-53(57)61)62-46-66(78(22,23)24)58-40-32-50(74(10,11)12)28-36-54(58)62;2*1-7(2,3,4,5)6/h25-46H,1-24H3;;/q+2;2*-1. The van der Waals surface area contributed by atoms with Gasteiger partial charge in [0, 0.05) is 103 Å². The fourth-order valence-electron chi connectivity index (χ4n) is 12.1. The topological polar surface area (TPSA) is 0 Å². The third-order valence-electron chi connectivity index (χ3n) is 16.9. The summed E-state index contributed by atoms with van der Waals surface area (Å²) >= 11 is 1.97. The maximum absolute atomic E-state index is 10.7. The summed E-state index contributed by atoms with van der Waals surface area (Å²) in [5.74, 6) is 2.60. The van der Waals surface area contributed by atoms with Gasteiger partial charge in [0.15, 0.2) is 0 Å². The van der Waals surface area contributed by atoms with Gasteiger partial charge in [-0.05, 0) is 114 Å². The normalized spacial score (nSPS) is 15.0. The van der Waals surface area contributed by atoms with Crippen molar-refractivity contribution in [3.8, 4) is 44.5 Å². The van der Waals surface area contributed by atoms with Gasteiger partial charge in [-0.3, -0.25) is 0 Å². The minimum atomic E-state index is -10.7. The Balaban J connectivity index is 0.000000786. The molecule has 506 valence electrons. The molecule has 1 aromatic heterocycles. The van der Waals surface area contributed by atoms with Crippen LogP contribution in [-0.4, -0.2) is 0 Å². The molecule has 0 saturated heterocycles. The molecule has 0 aliphatic heterocycles. The Labute approximate surface area is 550 Å². The van der Waals surface area contributed by atoms with Crippen LogP contribution in [0.3, 0.4) is 0 Å². The average Bonchev–Trinajstić information content (AvgIpc) is 1.58. The molecule has 0 bridgehead atoms. The van der Waals surface area contributed by atoms with Gasteiger partial charge in [-0.25, -0.2) is 0 Å². The van der Waals surface area contributed by atoms with Crippen molar-refractivity contribution in [3.63, 3.8) is 0 Å². The quantitative estimate of drug-likeness (QED) is 0.0884. The van der Waals surface area contributed by atoms with Gasteiger partial charge >= 0.3 is 66.0 Å². The molecule has 0 unspecified atom stereocenters. The van der Waals surface area contributed by atoms with Crippen molar-refractivity contribution in [2.24, 2.45) is 0 Å². The molecule has 0 radical (unpaired) electrons. The van der Waals surface area contributed by atoms with Crippen LogP contribution in [0.5, 0.6) is 0 Å². The molecule has 15 heteroatoms. The van der Waals surface area contributed by atoms with E-state index in [1.165, 1.54) is 133 Å². The Morgan fingerprint density at radius 2 is 0.376 bits per heavy atom. The molecule has 8 aliphatic rings. The van der Waals surface area contributed by atoms with E-state index in [0.717, 1.165) is 0 Å². The molecule has 8 aliphatic carbocycles. The molecule has 0 spiro atoms. The molecule has 0 aromatic carbocycles. The summed E-state index contributed by atoms with van der Waals surface area (Å²) < 4.78 is 118. The van der Waals surface area contributed by atoms with Crippen molar-refractivity contribution >= 4 is 27.0 Å². The summed E-state index contributed by atoms with van der Waals surface area (Å²) in [6, 6.07) is 53.9. The van der Waals surface area contributed by atoms with Gasteiger partial charge in [0.05, 0.1) is 43.8 Å². The van der Waals surface area contributed by atoms with E-state index in [2.05, 4.69) is 300 Å². The van der Waals surface area contributed by atoms with Gasteiger partial charge in [-0.2, -0.15) is 0 Å². The Morgan fingerprint density at radius 1 is 0.226 bits per heavy atom. The zero-order chi connectivity index (χ0) is 70.9. The molecular formula is C78H94F12P2S. The fourth-order valence-corrected chi connectivity index (χ4v) is 13.3. The predicted octanol–water partition coefficient (Wildman–Crippen LogP) is 29.4. The van der Waals surface area contributed by atoms with Crippen molar-refractivity contribution in [3.05, 3.63) is 222 Å². The zero-order valence-corrected chi connectivity index (χ0v) is 61.1. The molecular weight excluding hydrogens is 1260 g/mol. The van der Waals surface area contributed by atoms with Crippen molar-refractivity contribution in [1.29, 1.82) is 0 Å². The van der Waals surface area contributed by atoms with Crippen LogP contribution in [0.15, 0.2) is 133 Å². The molecule has 1 heterocycles. The summed E-state index contributed by atoms with van der Waals surface area (Å²) in [7, 11) is -21.3. The van der Waals surface area contributed by atoms with Crippen LogP contribution in [0.2, 0.25) is 0 Å². The fraction of sp³-hybridized carbons (Fsp3) is 0.410. The van der Waals surface area contributed by atoms with Gasteiger partial charge in [0.1, 0.15) is 0 Å². The van der Waals surface area contributed by atoms with Crippen LogP contribution >= 0.6 is 27.0 Å². The maximum atomic E-state index is 9.87.